The molecule has 0 aliphatic heterocycles. The molecule has 0 radical (unpaired) electrons. The summed E-state index contributed by atoms with van der Waals surface area (Å²) in [7, 11) is 0. The largest absolute Gasteiger partial charge is 0.0834 e. The predicted octanol–water partition coefficient (Wildman–Crippen LogP) is 20.9. The Morgan fingerprint density at radius 1 is 0.355 bits per heavy atom. The van der Waals surface area contributed by atoms with Gasteiger partial charge in [-0.25, -0.2) is 0 Å². The van der Waals surface area contributed by atoms with E-state index in [1.165, 1.54) is 129 Å². The lowest BCUT2D eigenvalue weighted by Gasteiger charge is -2.29. The highest BCUT2D eigenvalue weighted by molar-refractivity contribution is 5.87. The van der Waals surface area contributed by atoms with Crippen molar-refractivity contribution in [3.63, 3.8) is 0 Å². The fourth-order valence-electron chi connectivity index (χ4n) is 12.5. The van der Waals surface area contributed by atoms with Crippen molar-refractivity contribution in [2.45, 2.75) is 118 Å². The fraction of sp³-hybridized carbons (Fsp3) is 0.237. The van der Waals surface area contributed by atoms with Gasteiger partial charge in [0.05, 0.1) is 0 Å². The lowest BCUT2D eigenvalue weighted by Crippen LogP contribution is -2.20. The number of rotatable bonds is 9. The molecule has 3 aliphatic carbocycles. The quantitative estimate of drug-likeness (QED) is 0.135. The minimum Gasteiger partial charge on any atom is -0.0834 e. The monoisotopic (exact) mass is 989 g/mol. The van der Waals surface area contributed by atoms with Gasteiger partial charge in [-0.3, -0.25) is 0 Å². The Morgan fingerprint density at radius 2 is 0.855 bits per heavy atom. The van der Waals surface area contributed by atoms with E-state index in [-0.39, 0.29) is 16.2 Å². The van der Waals surface area contributed by atoms with Gasteiger partial charge in [0, 0.05) is 16.2 Å². The number of hydrogen-bond acceptors (Lipinski definition) is 0. The third-order valence-corrected chi connectivity index (χ3v) is 16.8. The summed E-state index contributed by atoms with van der Waals surface area (Å²) in [5.41, 5.74) is 30.5. The predicted molar refractivity (Wildman–Crippen MR) is 329 cm³/mol. The molecule has 0 saturated carbocycles. The fourth-order valence-corrected chi connectivity index (χ4v) is 12.5. The molecule has 12 rings (SSSR count). The normalized spacial score (nSPS) is 15.8. The highest BCUT2D eigenvalue weighted by Gasteiger charge is 2.37. The van der Waals surface area contributed by atoms with Crippen molar-refractivity contribution in [2.75, 3.05) is 0 Å². The van der Waals surface area contributed by atoms with Crippen LogP contribution in [0.2, 0.25) is 0 Å². The Bertz CT molecular complexity index is 3610. The van der Waals surface area contributed by atoms with E-state index in [9.17, 15) is 0 Å². The molecule has 76 heavy (non-hydrogen) atoms. The van der Waals surface area contributed by atoms with Crippen LogP contribution in [-0.2, 0) is 29.1 Å². The Balaban J connectivity index is 0.000000133. The Morgan fingerprint density at radius 3 is 1.45 bits per heavy atom. The molecule has 9 aromatic carbocycles. The molecular formula is C76H76. The van der Waals surface area contributed by atoms with E-state index in [0.717, 1.165) is 25.7 Å². The van der Waals surface area contributed by atoms with Crippen LogP contribution in [0.5, 0.6) is 0 Å². The second-order valence-electron chi connectivity index (χ2n) is 23.0. The molecule has 0 heterocycles. The number of fused-ring (bicyclic) bond motifs is 6. The molecule has 0 heteroatoms. The van der Waals surface area contributed by atoms with Gasteiger partial charge in [-0.05, 0) is 163 Å². The van der Waals surface area contributed by atoms with E-state index < -0.39 is 0 Å². The molecule has 0 nitrogen and oxygen atoms in total. The molecule has 0 saturated heterocycles. The summed E-state index contributed by atoms with van der Waals surface area (Å²) in [4.78, 5) is 0. The average Bonchev–Trinajstić information content (AvgIpc) is 3.81. The van der Waals surface area contributed by atoms with Gasteiger partial charge >= 0.3 is 0 Å². The first-order chi connectivity index (χ1) is 36.7. The lowest BCUT2D eigenvalue weighted by atomic mass is 9.74. The summed E-state index contributed by atoms with van der Waals surface area (Å²) in [6.45, 7) is 22.9. The SMILES string of the molecule is CCCc1c(-c2ccc3c(c2)C(C)(C)c2cc(C)ccc2-3)cccc1-c1ccccc1C.CCCc1ccc(-c2ccccc2C2(C)C=CC=CC2)cc1.Cc1ccc2c(c1)C(C)(C)c1cc(-c3ccccc3)ccc1-2. The summed E-state index contributed by atoms with van der Waals surface area (Å²) in [6.07, 6.45) is 14.6. The van der Waals surface area contributed by atoms with Crippen LogP contribution < -0.4 is 0 Å². The lowest BCUT2D eigenvalue weighted by molar-refractivity contribution is 0.601. The van der Waals surface area contributed by atoms with Crippen molar-refractivity contribution in [3.05, 3.63) is 274 Å². The zero-order chi connectivity index (χ0) is 53.2. The van der Waals surface area contributed by atoms with E-state index in [1.54, 1.807) is 0 Å². The average molecular weight is 989 g/mol. The summed E-state index contributed by atoms with van der Waals surface area (Å²) < 4.78 is 0. The van der Waals surface area contributed by atoms with Crippen LogP contribution in [0.1, 0.15) is 123 Å². The minimum atomic E-state index is 0.0191. The highest BCUT2D eigenvalue weighted by atomic mass is 14.4. The maximum Gasteiger partial charge on any atom is 0.0159 e. The standard InChI is InChI=1S/C32H32.C22H20.C22H24/c1-6-10-26-25(13-9-14-27(26)24-12-8-7-11-22(24)3)23-16-18-29-28-17-15-21(2)19-30(28)32(4,5)31(29)20-23;1-15-9-11-18-19-12-10-17(16-7-5-4-6-8-16)14-21(19)22(2,3)20(18)13-15;1-3-9-18-12-14-19(15-13-18)20-10-5-6-11-21(20)22(2)16-7-4-8-17-22/h7-9,11-20H,6,10H2,1-5H3;4-14H,1-3H3;4-8,10-16H,3,9,17H2,1-2H3. The van der Waals surface area contributed by atoms with Crippen LogP contribution in [-0.4, -0.2) is 0 Å². The van der Waals surface area contributed by atoms with Crippen molar-refractivity contribution in [1.82, 2.24) is 0 Å². The highest BCUT2D eigenvalue weighted by Crippen LogP contribution is 2.52. The van der Waals surface area contributed by atoms with Crippen LogP contribution >= 0.6 is 0 Å². The smallest absolute Gasteiger partial charge is 0.0159 e. The molecule has 9 aromatic rings. The first-order valence-electron chi connectivity index (χ1n) is 28.0. The van der Waals surface area contributed by atoms with Crippen LogP contribution in [0, 0.1) is 20.8 Å². The van der Waals surface area contributed by atoms with Gasteiger partial charge < -0.3 is 0 Å². The minimum absolute atomic E-state index is 0.0191. The second kappa shape index (κ2) is 21.6. The Hall–Kier alpha value is -7.54. The molecule has 3 aliphatic rings. The summed E-state index contributed by atoms with van der Waals surface area (Å²) in [5, 5.41) is 0. The van der Waals surface area contributed by atoms with Crippen molar-refractivity contribution in [3.8, 4) is 66.8 Å². The zero-order valence-corrected chi connectivity index (χ0v) is 46.8. The number of benzene rings is 9. The van der Waals surface area contributed by atoms with E-state index in [0.29, 0.717) is 0 Å². The van der Waals surface area contributed by atoms with Crippen molar-refractivity contribution in [1.29, 1.82) is 0 Å². The van der Waals surface area contributed by atoms with Gasteiger partial charge in [-0.2, -0.15) is 0 Å². The molecule has 380 valence electrons. The molecule has 0 bridgehead atoms. The third-order valence-electron chi connectivity index (χ3n) is 16.8. The van der Waals surface area contributed by atoms with Gasteiger partial charge in [0.1, 0.15) is 0 Å². The topological polar surface area (TPSA) is 0 Å². The maximum absolute atomic E-state index is 2.46. The molecular weight excluding hydrogens is 913 g/mol. The van der Waals surface area contributed by atoms with Crippen molar-refractivity contribution >= 4 is 0 Å². The maximum atomic E-state index is 2.46. The summed E-state index contributed by atoms with van der Waals surface area (Å²) in [5.74, 6) is 0. The number of aryl methyl sites for hydroxylation is 4. The number of allylic oxidation sites excluding steroid dienone is 4. The van der Waals surface area contributed by atoms with Gasteiger partial charge in [0.25, 0.3) is 0 Å². The van der Waals surface area contributed by atoms with Gasteiger partial charge in [0.2, 0.25) is 0 Å². The van der Waals surface area contributed by atoms with E-state index >= 15 is 0 Å². The van der Waals surface area contributed by atoms with Crippen LogP contribution in [0.15, 0.2) is 218 Å². The molecule has 0 spiro atoms. The van der Waals surface area contributed by atoms with Gasteiger partial charge in [-0.15, -0.1) is 0 Å². The third kappa shape index (κ3) is 10.0. The first-order valence-corrected chi connectivity index (χ1v) is 28.0. The van der Waals surface area contributed by atoms with Crippen LogP contribution in [0.4, 0.5) is 0 Å². The van der Waals surface area contributed by atoms with Crippen molar-refractivity contribution < 1.29 is 0 Å². The molecule has 1 unspecified atom stereocenters. The summed E-state index contributed by atoms with van der Waals surface area (Å²) >= 11 is 0. The van der Waals surface area contributed by atoms with Gasteiger partial charge in [0.15, 0.2) is 0 Å². The number of hydrogen-bond donors (Lipinski definition) is 0. The second-order valence-corrected chi connectivity index (χ2v) is 23.0. The van der Waals surface area contributed by atoms with Crippen LogP contribution in [0.25, 0.3) is 66.8 Å². The van der Waals surface area contributed by atoms with E-state index in [1.807, 2.05) is 0 Å². The molecule has 1 atom stereocenters. The molecule has 0 fully saturated rings. The summed E-state index contributed by atoms with van der Waals surface area (Å²) in [6, 6.07) is 72.0. The molecule has 0 aromatic heterocycles. The van der Waals surface area contributed by atoms with Crippen LogP contribution in [0.3, 0.4) is 0 Å². The van der Waals surface area contributed by atoms with E-state index in [4.69, 9.17) is 0 Å². The first kappa shape index (κ1) is 51.9. The molecule has 0 amide bonds. The van der Waals surface area contributed by atoms with E-state index in [2.05, 4.69) is 288 Å². The van der Waals surface area contributed by atoms with Crippen molar-refractivity contribution in [2.24, 2.45) is 0 Å². The van der Waals surface area contributed by atoms with Gasteiger partial charge in [-0.1, -0.05) is 279 Å². The molecule has 0 N–H and O–H groups in total. The Labute approximate surface area is 456 Å². The zero-order valence-electron chi connectivity index (χ0n) is 46.8. The Kier molecular flexibility index (Phi) is 14.8.